The van der Waals surface area contributed by atoms with E-state index in [2.05, 4.69) is 0 Å². The number of rotatable bonds is 2. The normalized spacial score (nSPS) is 12.9. The van der Waals surface area contributed by atoms with Crippen LogP contribution in [-0.2, 0) is 0 Å². The standard InChI is InChI=1S/C12H13FN2O/c1-8(16)15-7-10(11(14)6-13)9-4-2-3-5-12(9)15/h2-5,7,11H,6,14H2,1H3/t11-/m0/s1. The number of alkyl halides is 1. The summed E-state index contributed by atoms with van der Waals surface area (Å²) in [6, 6.07) is 6.68. The first-order chi connectivity index (χ1) is 7.65. The highest BCUT2D eigenvalue weighted by Crippen LogP contribution is 2.25. The van der Waals surface area contributed by atoms with Crippen LogP contribution in [-0.4, -0.2) is 17.1 Å². The van der Waals surface area contributed by atoms with Crippen molar-refractivity contribution in [3.8, 4) is 0 Å². The lowest BCUT2D eigenvalue weighted by molar-refractivity contribution is 0.0941. The summed E-state index contributed by atoms with van der Waals surface area (Å²) in [4.78, 5) is 11.4. The van der Waals surface area contributed by atoms with Crippen molar-refractivity contribution >= 4 is 16.8 Å². The summed E-state index contributed by atoms with van der Waals surface area (Å²) in [6.45, 7) is 0.836. The Morgan fingerprint density at radius 2 is 2.19 bits per heavy atom. The fourth-order valence-electron chi connectivity index (χ4n) is 1.85. The topological polar surface area (TPSA) is 48.0 Å². The van der Waals surface area contributed by atoms with Crippen molar-refractivity contribution < 1.29 is 9.18 Å². The highest BCUT2D eigenvalue weighted by atomic mass is 19.1. The van der Waals surface area contributed by atoms with Crippen LogP contribution in [0, 0.1) is 0 Å². The summed E-state index contributed by atoms with van der Waals surface area (Å²) in [5.74, 6) is -0.103. The highest BCUT2D eigenvalue weighted by Gasteiger charge is 2.15. The lowest BCUT2D eigenvalue weighted by atomic mass is 10.1. The van der Waals surface area contributed by atoms with Crippen molar-refractivity contribution in [1.82, 2.24) is 4.57 Å². The molecule has 3 nitrogen and oxygen atoms in total. The van der Waals surface area contributed by atoms with Gasteiger partial charge in [0, 0.05) is 18.5 Å². The van der Waals surface area contributed by atoms with Gasteiger partial charge >= 0.3 is 0 Å². The molecule has 0 fully saturated rings. The monoisotopic (exact) mass is 220 g/mol. The van der Waals surface area contributed by atoms with Crippen LogP contribution >= 0.6 is 0 Å². The molecule has 1 aromatic carbocycles. The average Bonchev–Trinajstić information content (AvgIpc) is 2.67. The van der Waals surface area contributed by atoms with Gasteiger partial charge in [-0.2, -0.15) is 0 Å². The maximum atomic E-state index is 12.6. The van der Waals surface area contributed by atoms with Crippen LogP contribution in [0.25, 0.3) is 10.9 Å². The first-order valence-electron chi connectivity index (χ1n) is 5.07. The zero-order valence-electron chi connectivity index (χ0n) is 8.98. The predicted molar refractivity (Wildman–Crippen MR) is 61.1 cm³/mol. The van der Waals surface area contributed by atoms with E-state index in [-0.39, 0.29) is 5.91 Å². The largest absolute Gasteiger partial charge is 0.322 e. The van der Waals surface area contributed by atoms with Gasteiger partial charge in [-0.25, -0.2) is 4.39 Å². The van der Waals surface area contributed by atoms with Gasteiger partial charge in [-0.15, -0.1) is 0 Å². The minimum atomic E-state index is -0.675. The fourth-order valence-corrected chi connectivity index (χ4v) is 1.85. The molecule has 0 unspecified atom stereocenters. The van der Waals surface area contributed by atoms with E-state index in [1.165, 1.54) is 11.5 Å². The summed E-state index contributed by atoms with van der Waals surface area (Å²) < 4.78 is 14.1. The van der Waals surface area contributed by atoms with E-state index >= 15 is 0 Å². The average molecular weight is 220 g/mol. The Bertz CT molecular complexity index is 533. The number of hydrogen-bond acceptors (Lipinski definition) is 2. The van der Waals surface area contributed by atoms with Crippen LogP contribution in [0.4, 0.5) is 4.39 Å². The quantitative estimate of drug-likeness (QED) is 0.843. The number of fused-ring (bicyclic) bond motifs is 1. The summed E-state index contributed by atoms with van der Waals surface area (Å²) in [5, 5.41) is 0.836. The molecule has 0 aliphatic rings. The molecule has 1 heterocycles. The molecule has 2 rings (SSSR count). The van der Waals surface area contributed by atoms with Crippen LogP contribution in [0.5, 0.6) is 0 Å². The molecule has 0 aliphatic carbocycles. The molecule has 0 radical (unpaired) electrons. The van der Waals surface area contributed by atoms with Crippen molar-refractivity contribution in [3.63, 3.8) is 0 Å². The summed E-state index contributed by atoms with van der Waals surface area (Å²) in [6.07, 6.45) is 1.62. The third-order valence-electron chi connectivity index (χ3n) is 2.65. The molecule has 0 spiro atoms. The van der Waals surface area contributed by atoms with Gasteiger partial charge in [0.2, 0.25) is 5.91 Å². The third kappa shape index (κ3) is 1.61. The third-order valence-corrected chi connectivity index (χ3v) is 2.65. The van der Waals surface area contributed by atoms with Crippen molar-refractivity contribution in [2.24, 2.45) is 5.73 Å². The lowest BCUT2D eigenvalue weighted by Crippen LogP contribution is -2.12. The van der Waals surface area contributed by atoms with E-state index < -0.39 is 12.7 Å². The van der Waals surface area contributed by atoms with Crippen molar-refractivity contribution in [2.45, 2.75) is 13.0 Å². The van der Waals surface area contributed by atoms with Crippen LogP contribution in [0.15, 0.2) is 30.5 Å². The minimum absolute atomic E-state index is 0.103. The Balaban J connectivity index is 2.71. The summed E-state index contributed by atoms with van der Waals surface area (Å²) in [7, 11) is 0. The second kappa shape index (κ2) is 4.06. The Labute approximate surface area is 92.7 Å². The van der Waals surface area contributed by atoms with Crippen molar-refractivity contribution in [1.29, 1.82) is 0 Å². The van der Waals surface area contributed by atoms with E-state index in [1.807, 2.05) is 24.3 Å². The molecule has 2 N–H and O–H groups in total. The molecule has 84 valence electrons. The molecule has 1 atom stereocenters. The van der Waals surface area contributed by atoms with Gasteiger partial charge in [-0.05, 0) is 11.6 Å². The Morgan fingerprint density at radius 3 is 2.81 bits per heavy atom. The number of hydrogen-bond donors (Lipinski definition) is 1. The molecule has 1 aromatic heterocycles. The van der Waals surface area contributed by atoms with Gasteiger partial charge in [0.25, 0.3) is 0 Å². The zero-order valence-corrected chi connectivity index (χ0v) is 8.98. The van der Waals surface area contributed by atoms with Crippen LogP contribution in [0.1, 0.15) is 23.3 Å². The fraction of sp³-hybridized carbons (Fsp3) is 0.250. The Morgan fingerprint density at radius 1 is 1.50 bits per heavy atom. The number of benzene rings is 1. The second-order valence-corrected chi connectivity index (χ2v) is 3.75. The van der Waals surface area contributed by atoms with E-state index in [4.69, 9.17) is 5.73 Å². The van der Waals surface area contributed by atoms with Gasteiger partial charge in [0.1, 0.15) is 6.67 Å². The summed E-state index contributed by atoms with van der Waals surface area (Å²) >= 11 is 0. The highest BCUT2D eigenvalue weighted by molar-refractivity contribution is 5.93. The molecule has 0 bridgehead atoms. The lowest BCUT2D eigenvalue weighted by Gasteiger charge is -2.03. The second-order valence-electron chi connectivity index (χ2n) is 3.75. The molecular formula is C12H13FN2O. The van der Waals surface area contributed by atoms with Crippen LogP contribution in [0.3, 0.4) is 0 Å². The van der Waals surface area contributed by atoms with Crippen molar-refractivity contribution in [2.75, 3.05) is 6.67 Å². The predicted octanol–water partition coefficient (Wildman–Crippen LogP) is 2.27. The van der Waals surface area contributed by atoms with E-state index in [9.17, 15) is 9.18 Å². The van der Waals surface area contributed by atoms with Gasteiger partial charge in [-0.3, -0.25) is 9.36 Å². The first-order valence-corrected chi connectivity index (χ1v) is 5.07. The first kappa shape index (κ1) is 10.8. The molecule has 16 heavy (non-hydrogen) atoms. The van der Waals surface area contributed by atoms with Gasteiger partial charge in [0.15, 0.2) is 0 Å². The molecule has 2 aromatic rings. The number of nitrogens with zero attached hydrogens (tertiary/aromatic N) is 1. The summed E-state index contributed by atoms with van der Waals surface area (Å²) in [5.41, 5.74) is 7.12. The number of halogens is 1. The van der Waals surface area contributed by atoms with E-state index in [0.29, 0.717) is 5.56 Å². The molecule has 0 saturated carbocycles. The molecule has 4 heteroatoms. The number of carbonyl (C=O) groups excluding carboxylic acids is 1. The molecule has 0 aliphatic heterocycles. The zero-order chi connectivity index (χ0) is 11.7. The van der Waals surface area contributed by atoms with E-state index in [1.54, 1.807) is 6.20 Å². The molecular weight excluding hydrogens is 207 g/mol. The number of aromatic nitrogens is 1. The van der Waals surface area contributed by atoms with Crippen LogP contribution < -0.4 is 5.73 Å². The smallest absolute Gasteiger partial charge is 0.227 e. The number of para-hydroxylation sites is 1. The van der Waals surface area contributed by atoms with Gasteiger partial charge < -0.3 is 5.73 Å². The SMILES string of the molecule is CC(=O)n1cc([C@@H](N)CF)c2ccccc21. The van der Waals surface area contributed by atoms with Crippen LogP contribution in [0.2, 0.25) is 0 Å². The Hall–Kier alpha value is -1.68. The maximum Gasteiger partial charge on any atom is 0.227 e. The van der Waals surface area contributed by atoms with Gasteiger partial charge in [0.05, 0.1) is 11.6 Å². The van der Waals surface area contributed by atoms with Gasteiger partial charge in [-0.1, -0.05) is 18.2 Å². The number of carbonyl (C=O) groups is 1. The van der Waals surface area contributed by atoms with Crippen molar-refractivity contribution in [3.05, 3.63) is 36.0 Å². The maximum absolute atomic E-state index is 12.6. The molecule has 0 amide bonds. The number of nitrogens with two attached hydrogens (primary N) is 1. The minimum Gasteiger partial charge on any atom is -0.322 e. The Kier molecular flexibility index (Phi) is 2.75. The van der Waals surface area contributed by atoms with E-state index in [0.717, 1.165) is 10.9 Å². The molecule has 0 saturated heterocycles.